The van der Waals surface area contributed by atoms with Crippen LogP contribution in [0.3, 0.4) is 0 Å². The first kappa shape index (κ1) is 13.7. The van der Waals surface area contributed by atoms with Crippen molar-refractivity contribution < 1.29 is 4.79 Å². The van der Waals surface area contributed by atoms with Crippen LogP contribution < -0.4 is 0 Å². The maximum atomic E-state index is 10.7. The minimum Gasteiger partial charge on any atom is -0.353 e. The summed E-state index contributed by atoms with van der Waals surface area (Å²) < 4.78 is 0. The van der Waals surface area contributed by atoms with Crippen LogP contribution in [-0.4, -0.2) is 16.3 Å². The summed E-state index contributed by atoms with van der Waals surface area (Å²) in [5.41, 5.74) is 6.54. The van der Waals surface area contributed by atoms with Crippen molar-refractivity contribution in [3.05, 3.63) is 66.0 Å². The Hall–Kier alpha value is -2.94. The molecule has 1 N–H and O–H groups in total. The molecule has 0 radical (unpaired) electrons. The summed E-state index contributed by atoms with van der Waals surface area (Å²) >= 11 is 0. The number of carbonyl (C=O) groups excluding carboxylic acids is 1. The van der Waals surface area contributed by atoms with Crippen LogP contribution in [0.1, 0.15) is 11.3 Å². The van der Waals surface area contributed by atoms with Gasteiger partial charge in [-0.1, -0.05) is 30.3 Å². The number of benzene rings is 2. The topological polar surface area (TPSA) is 45.8 Å². The number of rotatable bonds is 3. The molecule has 3 heteroatoms. The third-order valence-corrected chi connectivity index (χ3v) is 4.29. The second-order valence-corrected chi connectivity index (χ2v) is 5.78. The van der Waals surface area contributed by atoms with E-state index in [0.717, 1.165) is 39.7 Å². The van der Waals surface area contributed by atoms with Crippen molar-refractivity contribution in [1.82, 2.24) is 9.97 Å². The molecule has 0 unspecified atom stereocenters. The van der Waals surface area contributed by atoms with E-state index in [9.17, 15) is 4.79 Å². The van der Waals surface area contributed by atoms with E-state index < -0.39 is 0 Å². The minimum absolute atomic E-state index is 0.452. The largest absolute Gasteiger partial charge is 0.353 e. The molecule has 0 spiro atoms. The fourth-order valence-electron chi connectivity index (χ4n) is 3.11. The predicted molar refractivity (Wildman–Crippen MR) is 93.5 cm³/mol. The lowest BCUT2D eigenvalue weighted by molar-refractivity contribution is -0.107. The van der Waals surface area contributed by atoms with E-state index in [-0.39, 0.29) is 0 Å². The molecule has 0 bridgehead atoms. The number of aromatic amines is 1. The van der Waals surface area contributed by atoms with Crippen molar-refractivity contribution >= 4 is 28.1 Å². The van der Waals surface area contributed by atoms with Gasteiger partial charge in [0.05, 0.1) is 11.2 Å². The number of aldehydes is 1. The highest BCUT2D eigenvalue weighted by molar-refractivity contribution is 6.09. The van der Waals surface area contributed by atoms with Crippen LogP contribution in [0.5, 0.6) is 0 Å². The van der Waals surface area contributed by atoms with Gasteiger partial charge in [-0.25, -0.2) is 0 Å². The van der Waals surface area contributed by atoms with Crippen LogP contribution in [0, 0.1) is 6.92 Å². The first-order chi connectivity index (χ1) is 11.3. The SMILES string of the molecule is Cc1nccc2c1[nH]c1ccc(-c3cccc(CC=O)c3)cc12. The van der Waals surface area contributed by atoms with Crippen LogP contribution in [-0.2, 0) is 11.2 Å². The van der Waals surface area contributed by atoms with E-state index >= 15 is 0 Å². The number of hydrogen-bond acceptors (Lipinski definition) is 2. The number of pyridine rings is 1. The molecular formula is C20H16N2O. The second-order valence-electron chi connectivity index (χ2n) is 5.78. The molecule has 4 rings (SSSR count). The average molecular weight is 300 g/mol. The van der Waals surface area contributed by atoms with Crippen LogP contribution in [0.2, 0.25) is 0 Å². The number of nitrogens with one attached hydrogen (secondary N) is 1. The molecule has 0 saturated heterocycles. The van der Waals surface area contributed by atoms with Crippen LogP contribution >= 0.6 is 0 Å². The van der Waals surface area contributed by atoms with E-state index in [1.165, 1.54) is 10.8 Å². The van der Waals surface area contributed by atoms with Gasteiger partial charge in [-0.2, -0.15) is 0 Å². The molecule has 2 aromatic carbocycles. The number of aromatic nitrogens is 2. The molecule has 0 atom stereocenters. The maximum Gasteiger partial charge on any atom is 0.124 e. The predicted octanol–water partition coefficient (Wildman–Crippen LogP) is 4.43. The van der Waals surface area contributed by atoms with Crippen LogP contribution in [0.4, 0.5) is 0 Å². The van der Waals surface area contributed by atoms with Gasteiger partial charge in [-0.15, -0.1) is 0 Å². The third-order valence-electron chi connectivity index (χ3n) is 4.29. The molecule has 2 heterocycles. The van der Waals surface area contributed by atoms with Crippen molar-refractivity contribution in [2.24, 2.45) is 0 Å². The van der Waals surface area contributed by atoms with E-state index in [1.807, 2.05) is 31.3 Å². The van der Waals surface area contributed by atoms with Gasteiger partial charge in [-0.05, 0) is 41.8 Å². The lowest BCUT2D eigenvalue weighted by Gasteiger charge is -2.04. The summed E-state index contributed by atoms with van der Waals surface area (Å²) in [4.78, 5) is 18.5. The first-order valence-corrected chi connectivity index (χ1v) is 7.66. The summed E-state index contributed by atoms with van der Waals surface area (Å²) in [7, 11) is 0. The summed E-state index contributed by atoms with van der Waals surface area (Å²) in [6.45, 7) is 2.02. The van der Waals surface area contributed by atoms with Crippen molar-refractivity contribution in [2.45, 2.75) is 13.3 Å². The molecule has 4 aromatic rings. The molecule has 0 aliphatic rings. The molecule has 23 heavy (non-hydrogen) atoms. The normalized spacial score (nSPS) is 11.2. The highest BCUT2D eigenvalue weighted by atomic mass is 16.1. The number of aryl methyl sites for hydroxylation is 1. The van der Waals surface area contributed by atoms with Gasteiger partial charge in [0.15, 0.2) is 0 Å². The van der Waals surface area contributed by atoms with Crippen LogP contribution in [0.25, 0.3) is 32.9 Å². The zero-order chi connectivity index (χ0) is 15.8. The minimum atomic E-state index is 0.452. The summed E-state index contributed by atoms with van der Waals surface area (Å²) in [6.07, 6.45) is 3.24. The Bertz CT molecular complexity index is 1030. The zero-order valence-corrected chi connectivity index (χ0v) is 12.8. The van der Waals surface area contributed by atoms with Gasteiger partial charge in [-0.3, -0.25) is 4.98 Å². The smallest absolute Gasteiger partial charge is 0.124 e. The fourth-order valence-corrected chi connectivity index (χ4v) is 3.11. The van der Waals surface area contributed by atoms with Gasteiger partial charge < -0.3 is 9.78 Å². The second kappa shape index (κ2) is 5.36. The summed E-state index contributed by atoms with van der Waals surface area (Å²) in [5.74, 6) is 0. The van der Waals surface area contributed by atoms with Crippen molar-refractivity contribution in [3.8, 4) is 11.1 Å². The Morgan fingerprint density at radius 1 is 1.04 bits per heavy atom. The number of fused-ring (bicyclic) bond motifs is 3. The van der Waals surface area contributed by atoms with Gasteiger partial charge in [0.25, 0.3) is 0 Å². The number of H-pyrrole nitrogens is 1. The molecule has 0 aliphatic heterocycles. The van der Waals surface area contributed by atoms with Crippen molar-refractivity contribution in [1.29, 1.82) is 0 Å². The molecule has 2 aromatic heterocycles. The maximum absolute atomic E-state index is 10.7. The molecule has 112 valence electrons. The summed E-state index contributed by atoms with van der Waals surface area (Å²) in [6, 6.07) is 16.6. The average Bonchev–Trinajstić information content (AvgIpc) is 2.95. The van der Waals surface area contributed by atoms with E-state index in [0.29, 0.717) is 6.42 Å². The van der Waals surface area contributed by atoms with Gasteiger partial charge >= 0.3 is 0 Å². The lowest BCUT2D eigenvalue weighted by Crippen LogP contribution is -1.86. The molecule has 0 saturated carbocycles. The Balaban J connectivity index is 1.91. The third kappa shape index (κ3) is 2.30. The first-order valence-electron chi connectivity index (χ1n) is 7.66. The zero-order valence-electron chi connectivity index (χ0n) is 12.8. The number of carbonyl (C=O) groups is 1. The van der Waals surface area contributed by atoms with E-state index in [1.54, 1.807) is 0 Å². The van der Waals surface area contributed by atoms with Gasteiger partial charge in [0.2, 0.25) is 0 Å². The van der Waals surface area contributed by atoms with E-state index in [4.69, 9.17) is 0 Å². The van der Waals surface area contributed by atoms with Crippen LogP contribution in [0.15, 0.2) is 54.7 Å². The van der Waals surface area contributed by atoms with Gasteiger partial charge in [0, 0.05) is 28.9 Å². The Kier molecular flexibility index (Phi) is 3.19. The standard InChI is InChI=1S/C20H16N2O/c1-13-20-17(7-9-21-13)18-12-16(5-6-19(18)22-20)15-4-2-3-14(11-15)8-10-23/h2-7,9-12,22H,8H2,1H3. The highest BCUT2D eigenvalue weighted by Crippen LogP contribution is 2.31. The molecule has 0 amide bonds. The molecular weight excluding hydrogens is 284 g/mol. The quantitative estimate of drug-likeness (QED) is 0.569. The van der Waals surface area contributed by atoms with E-state index in [2.05, 4.69) is 40.3 Å². The summed E-state index contributed by atoms with van der Waals surface area (Å²) in [5, 5.41) is 2.39. The molecule has 3 nitrogen and oxygen atoms in total. The van der Waals surface area contributed by atoms with Gasteiger partial charge in [0.1, 0.15) is 6.29 Å². The number of hydrogen-bond donors (Lipinski definition) is 1. The fraction of sp³-hybridized carbons (Fsp3) is 0.100. The Morgan fingerprint density at radius 3 is 2.78 bits per heavy atom. The molecule has 0 fully saturated rings. The monoisotopic (exact) mass is 300 g/mol. The van der Waals surface area contributed by atoms with Crippen molar-refractivity contribution in [3.63, 3.8) is 0 Å². The lowest BCUT2D eigenvalue weighted by atomic mass is 10.00. The Morgan fingerprint density at radius 2 is 1.91 bits per heavy atom. The Labute approximate surface area is 134 Å². The molecule has 0 aliphatic carbocycles. The number of nitrogens with zero attached hydrogens (tertiary/aromatic N) is 1. The highest BCUT2D eigenvalue weighted by Gasteiger charge is 2.08. The van der Waals surface area contributed by atoms with Crippen molar-refractivity contribution in [2.75, 3.05) is 0 Å².